The summed E-state index contributed by atoms with van der Waals surface area (Å²) < 4.78 is 12.2. The summed E-state index contributed by atoms with van der Waals surface area (Å²) in [5.74, 6) is -6.85. The van der Waals surface area contributed by atoms with Crippen molar-refractivity contribution in [3.05, 3.63) is 35.9 Å². The number of piperidine rings is 1. The van der Waals surface area contributed by atoms with Crippen LogP contribution in [0, 0.1) is 23.7 Å². The van der Waals surface area contributed by atoms with Crippen LogP contribution in [0.15, 0.2) is 30.3 Å². The van der Waals surface area contributed by atoms with Crippen LogP contribution >= 0.6 is 0 Å². The molecule has 4 rings (SSSR count). The largest absolute Gasteiger partial charge is 0.461 e. The first-order valence-corrected chi connectivity index (χ1v) is 17.2. The third-order valence-corrected chi connectivity index (χ3v) is 10.7. The minimum absolute atomic E-state index is 0.0478. The highest BCUT2D eigenvalue weighted by Gasteiger charge is 2.54. The molecule has 1 unspecified atom stereocenters. The number of fused-ring (bicyclic) bond motifs is 3. The summed E-state index contributed by atoms with van der Waals surface area (Å²) in [6, 6.07) is 9.15. The number of nitrogens with zero attached hydrogens (tertiary/aromatic N) is 1. The second-order valence-corrected chi connectivity index (χ2v) is 13.7. The molecule has 1 aromatic carbocycles. The van der Waals surface area contributed by atoms with Gasteiger partial charge >= 0.3 is 5.97 Å². The van der Waals surface area contributed by atoms with Crippen LogP contribution in [-0.4, -0.2) is 75.2 Å². The maximum absolute atomic E-state index is 13.8. The highest BCUT2D eigenvalue weighted by atomic mass is 16.6. The lowest BCUT2D eigenvalue weighted by Gasteiger charge is -2.44. The molecule has 0 aromatic heterocycles. The van der Waals surface area contributed by atoms with Crippen LogP contribution in [0.4, 0.5) is 0 Å². The van der Waals surface area contributed by atoms with Crippen molar-refractivity contribution in [2.75, 3.05) is 6.54 Å². The van der Waals surface area contributed by atoms with E-state index >= 15 is 0 Å². The van der Waals surface area contributed by atoms with Gasteiger partial charge in [-0.1, -0.05) is 64.4 Å². The third kappa shape index (κ3) is 8.22. The lowest BCUT2D eigenvalue weighted by molar-refractivity contribution is -0.274. The number of cyclic esters (lactones) is 1. The van der Waals surface area contributed by atoms with E-state index in [2.05, 4.69) is 19.1 Å². The molecule has 3 aliphatic rings. The van der Waals surface area contributed by atoms with Crippen LogP contribution in [0.1, 0.15) is 104 Å². The zero-order chi connectivity index (χ0) is 32.7. The average Bonchev–Trinajstić information content (AvgIpc) is 3.05. The minimum Gasteiger partial charge on any atom is -0.461 e. The Morgan fingerprint density at radius 3 is 2.36 bits per heavy atom. The lowest BCUT2D eigenvalue weighted by Crippen LogP contribution is -2.61. The topological polar surface area (TPSA) is 130 Å². The van der Waals surface area contributed by atoms with E-state index < -0.39 is 65.6 Å². The van der Waals surface area contributed by atoms with Gasteiger partial charge in [-0.2, -0.15) is 0 Å². The molecule has 3 saturated heterocycles. The molecular formula is C36H53NO8. The van der Waals surface area contributed by atoms with E-state index in [-0.39, 0.29) is 18.2 Å². The number of esters is 1. The Hall–Kier alpha value is -2.62. The molecule has 45 heavy (non-hydrogen) atoms. The summed E-state index contributed by atoms with van der Waals surface area (Å²) in [4.78, 5) is 55.8. The molecule has 250 valence electrons. The molecule has 0 radical (unpaired) electrons. The molecule has 9 nitrogen and oxygen atoms in total. The number of carbonyl (C=O) groups excluding carboxylic acids is 4. The molecule has 2 bridgehead atoms. The molecule has 2 N–H and O–H groups in total. The number of aliphatic hydroxyl groups excluding tert-OH is 1. The van der Waals surface area contributed by atoms with Crippen molar-refractivity contribution in [2.24, 2.45) is 23.7 Å². The van der Waals surface area contributed by atoms with Gasteiger partial charge in [-0.05, 0) is 75.7 Å². The van der Waals surface area contributed by atoms with E-state index in [0.29, 0.717) is 51.4 Å². The van der Waals surface area contributed by atoms with Crippen LogP contribution < -0.4 is 0 Å². The van der Waals surface area contributed by atoms with Crippen molar-refractivity contribution in [3.8, 4) is 0 Å². The van der Waals surface area contributed by atoms with Crippen molar-refractivity contribution in [1.82, 2.24) is 4.90 Å². The zero-order valence-electron chi connectivity index (χ0n) is 27.5. The van der Waals surface area contributed by atoms with Gasteiger partial charge in [0.15, 0.2) is 0 Å². The fourth-order valence-corrected chi connectivity index (χ4v) is 7.36. The first-order valence-electron chi connectivity index (χ1n) is 17.2. The predicted molar refractivity (Wildman–Crippen MR) is 169 cm³/mol. The number of ketones is 2. The number of hydrogen-bond donors (Lipinski definition) is 2. The van der Waals surface area contributed by atoms with Gasteiger partial charge < -0.3 is 24.6 Å². The maximum atomic E-state index is 13.8. The van der Waals surface area contributed by atoms with Crippen LogP contribution in [-0.2, 0) is 35.1 Å². The number of aliphatic hydroxyl groups is 2. The van der Waals surface area contributed by atoms with Crippen molar-refractivity contribution in [2.45, 2.75) is 135 Å². The average molecular weight is 628 g/mol. The van der Waals surface area contributed by atoms with Crippen molar-refractivity contribution >= 4 is 23.4 Å². The number of benzene rings is 1. The normalized spacial score (nSPS) is 35.4. The fraction of sp³-hybridized carbons (Fsp3) is 0.722. The smallest absolute Gasteiger partial charge is 0.329 e. The third-order valence-electron chi connectivity index (χ3n) is 10.7. The Bertz CT molecular complexity index is 1170. The summed E-state index contributed by atoms with van der Waals surface area (Å²) in [6.07, 6.45) is 5.08. The molecule has 3 heterocycles. The monoisotopic (exact) mass is 627 g/mol. The number of carbonyl (C=O) groups is 4. The molecule has 3 fully saturated rings. The molecule has 0 spiro atoms. The highest BCUT2D eigenvalue weighted by molar-refractivity contribution is 6.39. The Balaban J connectivity index is 1.64. The van der Waals surface area contributed by atoms with Crippen LogP contribution in [0.3, 0.4) is 0 Å². The fourth-order valence-electron chi connectivity index (χ4n) is 7.36. The lowest BCUT2D eigenvalue weighted by atomic mass is 9.79. The van der Waals surface area contributed by atoms with Gasteiger partial charge in [-0.3, -0.25) is 14.4 Å². The molecule has 0 aliphatic carbocycles. The molecule has 3 aliphatic heterocycles. The summed E-state index contributed by atoms with van der Waals surface area (Å²) >= 11 is 0. The van der Waals surface area contributed by atoms with Gasteiger partial charge in [0.2, 0.25) is 5.79 Å². The molecule has 9 heteroatoms. The Morgan fingerprint density at radius 2 is 1.64 bits per heavy atom. The van der Waals surface area contributed by atoms with Crippen LogP contribution in [0.5, 0.6) is 0 Å². The molecule has 9 atom stereocenters. The van der Waals surface area contributed by atoms with E-state index in [1.807, 2.05) is 18.2 Å². The Labute approximate surface area is 268 Å². The van der Waals surface area contributed by atoms with Gasteiger partial charge in [-0.15, -0.1) is 0 Å². The van der Waals surface area contributed by atoms with Crippen molar-refractivity contribution in [1.29, 1.82) is 0 Å². The summed E-state index contributed by atoms with van der Waals surface area (Å²) in [5, 5.41) is 22.8. The van der Waals surface area contributed by atoms with Gasteiger partial charge in [0.25, 0.3) is 11.7 Å². The van der Waals surface area contributed by atoms with Crippen LogP contribution in [0.2, 0.25) is 0 Å². The predicted octanol–water partition coefficient (Wildman–Crippen LogP) is 4.79. The van der Waals surface area contributed by atoms with E-state index in [0.717, 1.165) is 31.2 Å². The van der Waals surface area contributed by atoms with Crippen molar-refractivity contribution in [3.63, 3.8) is 0 Å². The Kier molecular flexibility index (Phi) is 12.4. The van der Waals surface area contributed by atoms with E-state index in [1.165, 1.54) is 4.90 Å². The second-order valence-electron chi connectivity index (χ2n) is 13.7. The highest BCUT2D eigenvalue weighted by Crippen LogP contribution is 2.38. The number of rotatable bonds is 4. The number of hydrogen-bond acceptors (Lipinski definition) is 8. The summed E-state index contributed by atoms with van der Waals surface area (Å²) in [7, 11) is 0. The second kappa shape index (κ2) is 15.8. The van der Waals surface area contributed by atoms with E-state index in [9.17, 15) is 29.4 Å². The molecule has 1 aromatic rings. The quantitative estimate of drug-likeness (QED) is 0.360. The number of Topliss-reactive ketones (excluding diaryl/α,β-unsaturated/α-hetero) is 2. The van der Waals surface area contributed by atoms with Gasteiger partial charge in [0.05, 0.1) is 12.2 Å². The standard InChI is InChI=1S/C36H53NO8/c1-5-27(22-26-14-8-6-9-15-26)31-18-11-7-10-17-29(38)24(3)32(39)25(4)30-20-19-23(2)36(43,45-30)33(40)34(41)37-21-13-12-16-28(37)35(42)44-31/h6,8-9,14-15,23-25,27-28,30-32,39,43H,5,7,10-13,16-22H2,1-4H3/t23-,24-,25+,27-,28+,30?,31+,32+,36-/m1/s1. The number of amides is 1. The van der Waals surface area contributed by atoms with Gasteiger partial charge in [0, 0.05) is 30.7 Å². The molecule has 0 saturated carbocycles. The zero-order valence-corrected chi connectivity index (χ0v) is 27.5. The first kappa shape index (κ1) is 35.2. The van der Waals surface area contributed by atoms with E-state index in [1.54, 1.807) is 20.8 Å². The van der Waals surface area contributed by atoms with E-state index in [4.69, 9.17) is 9.47 Å². The molecule has 1 amide bonds. The summed E-state index contributed by atoms with van der Waals surface area (Å²) in [6.45, 7) is 7.41. The molecular weight excluding hydrogens is 574 g/mol. The van der Waals surface area contributed by atoms with Crippen LogP contribution in [0.25, 0.3) is 0 Å². The maximum Gasteiger partial charge on any atom is 0.329 e. The van der Waals surface area contributed by atoms with Crippen molar-refractivity contribution < 1.29 is 38.9 Å². The number of ether oxygens (including phenoxy) is 2. The van der Waals surface area contributed by atoms with Gasteiger partial charge in [0.1, 0.15) is 17.9 Å². The SMILES string of the molecule is CC[C@H](Cc1ccccc1)[C@@H]1CCCCCC(=O)[C@@H](C)[C@H](O)[C@@H](C)C2CC[C@@H](C)[C@@](O)(O2)C(=O)C(=O)N2CCCC[C@H]2C(=O)O1. The minimum atomic E-state index is -2.40. The summed E-state index contributed by atoms with van der Waals surface area (Å²) in [5.41, 5.74) is 1.15. The Morgan fingerprint density at radius 1 is 0.933 bits per heavy atom. The first-order chi connectivity index (χ1) is 21.5. The van der Waals surface area contributed by atoms with Gasteiger partial charge in [-0.25, -0.2) is 4.79 Å².